The molecular formula is C26H23N3O5S. The molecule has 1 N–H and O–H groups in total. The fourth-order valence-corrected chi connectivity index (χ4v) is 4.13. The number of nitrogens with one attached hydrogen (secondary N) is 1. The summed E-state index contributed by atoms with van der Waals surface area (Å²) in [6.45, 7) is -0.231. The number of hydrogen-bond donors (Lipinski definition) is 1. The lowest BCUT2D eigenvalue weighted by molar-refractivity contribution is -0.147. The lowest BCUT2D eigenvalue weighted by Crippen LogP contribution is -2.33. The predicted molar refractivity (Wildman–Crippen MR) is 132 cm³/mol. The van der Waals surface area contributed by atoms with E-state index < -0.39 is 18.5 Å². The molecule has 0 bridgehead atoms. The molecule has 0 aliphatic rings. The van der Waals surface area contributed by atoms with Gasteiger partial charge in [0.1, 0.15) is 10.8 Å². The highest BCUT2D eigenvalue weighted by Crippen LogP contribution is 2.24. The molecule has 0 radical (unpaired) electrons. The zero-order valence-electron chi connectivity index (χ0n) is 19.0. The summed E-state index contributed by atoms with van der Waals surface area (Å²) in [5, 5.41) is 5.38. The van der Waals surface area contributed by atoms with Crippen LogP contribution in [0.2, 0.25) is 0 Å². The quantitative estimate of drug-likeness (QED) is 0.356. The maximum absolute atomic E-state index is 12.7. The van der Waals surface area contributed by atoms with Crippen LogP contribution in [0.15, 0.2) is 82.8 Å². The molecule has 35 heavy (non-hydrogen) atoms. The molecule has 9 heteroatoms. The highest BCUT2D eigenvalue weighted by atomic mass is 32.1. The van der Waals surface area contributed by atoms with E-state index in [2.05, 4.69) is 10.3 Å². The molecule has 178 valence electrons. The Labute approximate surface area is 206 Å². The highest BCUT2D eigenvalue weighted by Gasteiger charge is 2.20. The second kappa shape index (κ2) is 11.3. The monoisotopic (exact) mass is 489 g/mol. The normalized spacial score (nSPS) is 10.5. The van der Waals surface area contributed by atoms with Crippen LogP contribution in [0.3, 0.4) is 0 Å². The third-order valence-electron chi connectivity index (χ3n) is 5.14. The Hall–Kier alpha value is -4.24. The number of rotatable bonds is 9. The summed E-state index contributed by atoms with van der Waals surface area (Å²) in [4.78, 5) is 43.4. The second-order valence-electron chi connectivity index (χ2n) is 7.58. The molecule has 0 saturated carbocycles. The average molecular weight is 490 g/mol. The van der Waals surface area contributed by atoms with Crippen LogP contribution in [-0.4, -0.2) is 36.4 Å². The van der Waals surface area contributed by atoms with Gasteiger partial charge in [0.2, 0.25) is 0 Å². The van der Waals surface area contributed by atoms with Crippen LogP contribution in [0.25, 0.3) is 10.6 Å². The van der Waals surface area contributed by atoms with Crippen molar-refractivity contribution in [2.75, 3.05) is 18.6 Å². The van der Waals surface area contributed by atoms with Crippen LogP contribution in [0.4, 0.5) is 5.69 Å². The number of likely N-dealkylation sites (N-methyl/N-ethyl adjacent to an activating group) is 1. The van der Waals surface area contributed by atoms with E-state index in [-0.39, 0.29) is 18.9 Å². The molecule has 4 rings (SSSR count). The van der Waals surface area contributed by atoms with Crippen molar-refractivity contribution in [2.24, 2.45) is 0 Å². The predicted octanol–water partition coefficient (Wildman–Crippen LogP) is 4.08. The van der Waals surface area contributed by atoms with Crippen molar-refractivity contribution in [3.05, 3.63) is 95.4 Å². The number of furan rings is 1. The highest BCUT2D eigenvalue weighted by molar-refractivity contribution is 7.13. The van der Waals surface area contributed by atoms with Gasteiger partial charge in [-0.2, -0.15) is 0 Å². The lowest BCUT2D eigenvalue weighted by atomic mass is 10.1. The van der Waals surface area contributed by atoms with Crippen LogP contribution in [0.5, 0.6) is 0 Å². The molecule has 0 aliphatic heterocycles. The molecule has 4 aromatic rings. The SMILES string of the molecule is CN(C(=O)COC(=O)Cc1csc(-c2ccccc2)n1)c1ccccc1C(=O)NCc1ccco1. The minimum atomic E-state index is -0.555. The van der Waals surface area contributed by atoms with E-state index in [0.29, 0.717) is 22.7 Å². The third-order valence-corrected chi connectivity index (χ3v) is 6.08. The maximum atomic E-state index is 12.7. The number of thiazole rings is 1. The van der Waals surface area contributed by atoms with E-state index in [1.165, 1.54) is 29.5 Å². The molecule has 0 unspecified atom stereocenters. The zero-order valence-corrected chi connectivity index (χ0v) is 19.8. The Morgan fingerprint density at radius 1 is 1.03 bits per heavy atom. The fraction of sp³-hybridized carbons (Fsp3) is 0.154. The number of carbonyl (C=O) groups is 3. The Kier molecular flexibility index (Phi) is 7.69. The largest absolute Gasteiger partial charge is 0.467 e. The molecule has 0 saturated heterocycles. The second-order valence-corrected chi connectivity index (χ2v) is 8.44. The van der Waals surface area contributed by atoms with Gasteiger partial charge >= 0.3 is 5.97 Å². The number of aromatic nitrogens is 1. The van der Waals surface area contributed by atoms with E-state index >= 15 is 0 Å². The Bertz CT molecular complexity index is 1300. The number of hydrogen-bond acceptors (Lipinski definition) is 7. The van der Waals surface area contributed by atoms with Crippen LogP contribution in [0.1, 0.15) is 21.8 Å². The van der Waals surface area contributed by atoms with Gasteiger partial charge in [-0.15, -0.1) is 11.3 Å². The van der Waals surface area contributed by atoms with Gasteiger partial charge in [0.05, 0.1) is 36.2 Å². The summed E-state index contributed by atoms with van der Waals surface area (Å²) in [5.74, 6) is -0.761. The van der Waals surface area contributed by atoms with Crippen molar-refractivity contribution >= 4 is 34.8 Å². The Morgan fingerprint density at radius 3 is 2.57 bits per heavy atom. The van der Waals surface area contributed by atoms with Crippen molar-refractivity contribution in [3.63, 3.8) is 0 Å². The molecule has 8 nitrogen and oxygen atoms in total. The van der Waals surface area contributed by atoms with Gasteiger partial charge in [-0.1, -0.05) is 42.5 Å². The van der Waals surface area contributed by atoms with Crippen LogP contribution < -0.4 is 10.2 Å². The Balaban J connectivity index is 1.32. The van der Waals surface area contributed by atoms with Crippen LogP contribution >= 0.6 is 11.3 Å². The summed E-state index contributed by atoms with van der Waals surface area (Å²) in [7, 11) is 1.53. The molecule has 0 fully saturated rings. The fourth-order valence-electron chi connectivity index (χ4n) is 3.31. The molecule has 0 aliphatic carbocycles. The van der Waals surface area contributed by atoms with Crippen molar-refractivity contribution in [1.29, 1.82) is 0 Å². The average Bonchev–Trinajstić information content (AvgIpc) is 3.58. The van der Waals surface area contributed by atoms with Crippen molar-refractivity contribution in [3.8, 4) is 10.6 Å². The number of anilines is 1. The molecule has 0 spiro atoms. The molecule has 2 aromatic heterocycles. The minimum absolute atomic E-state index is 0.0356. The number of amides is 2. The molecule has 2 heterocycles. The number of esters is 1. The van der Waals surface area contributed by atoms with Crippen molar-refractivity contribution in [2.45, 2.75) is 13.0 Å². The van der Waals surface area contributed by atoms with Gasteiger partial charge in [0.15, 0.2) is 6.61 Å². The Morgan fingerprint density at radius 2 is 1.80 bits per heavy atom. The first-order valence-electron chi connectivity index (χ1n) is 10.8. The molecular weight excluding hydrogens is 466 g/mol. The number of benzene rings is 2. The van der Waals surface area contributed by atoms with E-state index in [4.69, 9.17) is 9.15 Å². The maximum Gasteiger partial charge on any atom is 0.312 e. The summed E-state index contributed by atoms with van der Waals surface area (Å²) in [5.41, 5.74) is 2.27. The molecule has 0 atom stereocenters. The number of nitrogens with zero attached hydrogens (tertiary/aromatic N) is 2. The van der Waals surface area contributed by atoms with Gasteiger partial charge in [-0.05, 0) is 24.3 Å². The summed E-state index contributed by atoms with van der Waals surface area (Å²) >= 11 is 1.44. The van der Waals surface area contributed by atoms with Gasteiger partial charge in [0, 0.05) is 18.0 Å². The van der Waals surface area contributed by atoms with Gasteiger partial charge < -0.3 is 19.4 Å². The number of para-hydroxylation sites is 1. The summed E-state index contributed by atoms with van der Waals surface area (Å²) in [6, 6.07) is 19.9. The minimum Gasteiger partial charge on any atom is -0.467 e. The molecule has 2 aromatic carbocycles. The van der Waals surface area contributed by atoms with Gasteiger partial charge in [-0.25, -0.2) is 4.98 Å². The van der Waals surface area contributed by atoms with Crippen molar-refractivity contribution in [1.82, 2.24) is 10.3 Å². The lowest BCUT2D eigenvalue weighted by Gasteiger charge is -2.20. The smallest absolute Gasteiger partial charge is 0.312 e. The number of ether oxygens (including phenoxy) is 1. The van der Waals surface area contributed by atoms with E-state index in [9.17, 15) is 14.4 Å². The van der Waals surface area contributed by atoms with Crippen molar-refractivity contribution < 1.29 is 23.5 Å². The van der Waals surface area contributed by atoms with E-state index in [0.717, 1.165) is 10.6 Å². The van der Waals surface area contributed by atoms with Crippen LogP contribution in [-0.2, 0) is 27.3 Å². The summed E-state index contributed by atoms with van der Waals surface area (Å²) in [6.07, 6.45) is 1.49. The molecule has 2 amide bonds. The van der Waals surface area contributed by atoms with Crippen LogP contribution in [0, 0.1) is 0 Å². The van der Waals surface area contributed by atoms with E-state index in [1.807, 2.05) is 30.3 Å². The standard InChI is InChI=1S/C26H23N3O5S/c1-29(22-12-6-5-11-21(22)25(32)27-15-20-10-7-13-33-20)23(30)16-34-24(31)14-19-17-35-26(28-19)18-8-3-2-4-9-18/h2-13,17H,14-16H2,1H3,(H,27,32). The number of carbonyl (C=O) groups excluding carboxylic acids is 3. The van der Waals surface area contributed by atoms with Gasteiger partial charge in [-0.3, -0.25) is 14.4 Å². The third kappa shape index (κ3) is 6.21. The van der Waals surface area contributed by atoms with E-state index in [1.54, 1.807) is 41.8 Å². The van der Waals surface area contributed by atoms with Gasteiger partial charge in [0.25, 0.3) is 11.8 Å². The first-order chi connectivity index (χ1) is 17.0. The first-order valence-corrected chi connectivity index (χ1v) is 11.7. The first kappa shape index (κ1) is 23.9. The topological polar surface area (TPSA) is 102 Å². The zero-order chi connectivity index (χ0) is 24.6. The summed E-state index contributed by atoms with van der Waals surface area (Å²) < 4.78 is 10.4.